The van der Waals surface area contributed by atoms with E-state index in [2.05, 4.69) is 11.1 Å². The molecule has 34 heavy (non-hydrogen) atoms. The lowest BCUT2D eigenvalue weighted by Gasteiger charge is -2.11. The number of esters is 1. The lowest BCUT2D eigenvalue weighted by atomic mass is 10.0. The summed E-state index contributed by atoms with van der Waals surface area (Å²) in [5.41, 5.74) is 4.35. The van der Waals surface area contributed by atoms with Gasteiger partial charge in [0, 0.05) is 22.4 Å². The number of methoxy groups -OCH3 is 2. The molecule has 0 aliphatic rings. The van der Waals surface area contributed by atoms with Crippen LogP contribution in [-0.4, -0.2) is 31.8 Å². The van der Waals surface area contributed by atoms with Gasteiger partial charge >= 0.3 is 5.97 Å². The van der Waals surface area contributed by atoms with E-state index in [1.165, 1.54) is 11.3 Å². The number of carbonyl (C=O) groups excluding carboxylic acids is 1. The van der Waals surface area contributed by atoms with Crippen LogP contribution in [0.5, 0.6) is 11.5 Å². The first-order chi connectivity index (χ1) is 16.4. The molecule has 4 rings (SSSR count). The van der Waals surface area contributed by atoms with Gasteiger partial charge < -0.3 is 18.6 Å². The topological polar surface area (TPSA) is 83.2 Å². The van der Waals surface area contributed by atoms with Crippen LogP contribution in [0.25, 0.3) is 22.3 Å². The van der Waals surface area contributed by atoms with Gasteiger partial charge in [-0.05, 0) is 56.2 Å². The maximum atomic E-state index is 11.8. The zero-order chi connectivity index (χ0) is 24.2. The van der Waals surface area contributed by atoms with Crippen LogP contribution >= 0.6 is 11.3 Å². The summed E-state index contributed by atoms with van der Waals surface area (Å²) in [6.45, 7) is 6.20. The third-order valence-electron chi connectivity index (χ3n) is 5.24. The number of thiazole rings is 1. The summed E-state index contributed by atoms with van der Waals surface area (Å²) < 4.78 is 22.2. The molecular weight excluding hydrogens is 452 g/mol. The number of hydrogen-bond acceptors (Lipinski definition) is 8. The van der Waals surface area contributed by atoms with E-state index in [0.29, 0.717) is 34.7 Å². The van der Waals surface area contributed by atoms with Crippen LogP contribution in [0.2, 0.25) is 0 Å². The Morgan fingerprint density at radius 2 is 1.88 bits per heavy atom. The van der Waals surface area contributed by atoms with Gasteiger partial charge in [0.1, 0.15) is 11.3 Å². The second-order valence-corrected chi connectivity index (χ2v) is 8.57. The van der Waals surface area contributed by atoms with E-state index in [1.54, 1.807) is 21.1 Å². The lowest BCUT2D eigenvalue weighted by molar-refractivity contribution is -0.142. The van der Waals surface area contributed by atoms with Crippen LogP contribution < -0.4 is 14.8 Å². The first-order valence-electron chi connectivity index (χ1n) is 10.8. The van der Waals surface area contributed by atoms with Gasteiger partial charge in [-0.2, -0.15) is 0 Å². The highest BCUT2D eigenvalue weighted by Crippen LogP contribution is 2.33. The molecule has 2 aromatic heterocycles. The van der Waals surface area contributed by atoms with E-state index in [4.69, 9.17) is 23.6 Å². The molecule has 0 saturated heterocycles. The maximum absolute atomic E-state index is 11.8. The Bertz CT molecular complexity index is 1420. The van der Waals surface area contributed by atoms with Crippen molar-refractivity contribution in [3.63, 3.8) is 0 Å². The van der Waals surface area contributed by atoms with Gasteiger partial charge in [-0.25, -0.2) is 9.98 Å². The fourth-order valence-corrected chi connectivity index (χ4v) is 4.49. The Hall–Kier alpha value is -3.65. The number of benzene rings is 2. The van der Waals surface area contributed by atoms with Crippen LogP contribution in [0, 0.1) is 13.8 Å². The highest BCUT2D eigenvalue weighted by atomic mass is 32.1. The van der Waals surface area contributed by atoms with Crippen LogP contribution in [0.15, 0.2) is 51.2 Å². The van der Waals surface area contributed by atoms with Gasteiger partial charge in [-0.3, -0.25) is 4.79 Å². The first-order valence-corrected chi connectivity index (χ1v) is 11.7. The van der Waals surface area contributed by atoms with Crippen molar-refractivity contribution in [2.24, 2.45) is 4.99 Å². The van der Waals surface area contributed by atoms with Gasteiger partial charge in [0.15, 0.2) is 11.5 Å². The average molecular weight is 479 g/mol. The molecule has 0 saturated carbocycles. The van der Waals surface area contributed by atoms with E-state index < -0.39 is 0 Å². The predicted molar refractivity (Wildman–Crippen MR) is 132 cm³/mol. The lowest BCUT2D eigenvalue weighted by Crippen LogP contribution is -2.07. The molecule has 0 fully saturated rings. The normalized spacial score (nSPS) is 11.6. The zero-order valence-electron chi connectivity index (χ0n) is 19.8. The summed E-state index contributed by atoms with van der Waals surface area (Å²) in [5, 5.41) is 4.04. The van der Waals surface area contributed by atoms with E-state index >= 15 is 0 Å². The van der Waals surface area contributed by atoms with Crippen molar-refractivity contribution >= 4 is 33.4 Å². The standard InChI is InChI=1S/C26H26N2O5S/c1-6-32-24(29)12-18-14-34-26(27-18)28-19-13-21(17-7-8-20(30-4)22(11-17)31-5)33-23-10-15(2)9-16(3)25(19)23/h7-11,13-14H,6,12H2,1-5H3/b28-19+. The van der Waals surface area contributed by atoms with E-state index in [0.717, 1.165) is 33.0 Å². The monoisotopic (exact) mass is 478 g/mol. The highest BCUT2D eigenvalue weighted by Gasteiger charge is 2.13. The molecule has 2 heterocycles. The Morgan fingerprint density at radius 3 is 2.62 bits per heavy atom. The fourth-order valence-electron chi connectivity index (χ4n) is 3.79. The van der Waals surface area contributed by atoms with Crippen molar-refractivity contribution in [3.05, 3.63) is 64.0 Å². The van der Waals surface area contributed by atoms with Gasteiger partial charge in [0.25, 0.3) is 0 Å². The molecule has 0 amide bonds. The van der Waals surface area contributed by atoms with Crippen LogP contribution in [0.3, 0.4) is 0 Å². The van der Waals surface area contributed by atoms with Gasteiger partial charge in [-0.1, -0.05) is 6.07 Å². The largest absolute Gasteiger partial charge is 0.493 e. The van der Waals surface area contributed by atoms with E-state index in [-0.39, 0.29) is 12.4 Å². The molecule has 0 aliphatic carbocycles. The van der Waals surface area contributed by atoms with Crippen LogP contribution in [0.1, 0.15) is 23.7 Å². The molecule has 0 atom stereocenters. The summed E-state index contributed by atoms with van der Waals surface area (Å²) >= 11 is 1.38. The Balaban J connectivity index is 1.86. The van der Waals surface area contributed by atoms with Crippen molar-refractivity contribution in [3.8, 4) is 22.8 Å². The molecular formula is C26H26N2O5S. The quantitative estimate of drug-likeness (QED) is 0.325. The summed E-state index contributed by atoms with van der Waals surface area (Å²) in [6, 6.07) is 11.6. The van der Waals surface area contributed by atoms with Gasteiger partial charge in [-0.15, -0.1) is 11.3 Å². The minimum absolute atomic E-state index is 0.125. The highest BCUT2D eigenvalue weighted by molar-refractivity contribution is 7.13. The summed E-state index contributed by atoms with van der Waals surface area (Å²) in [7, 11) is 3.20. The van der Waals surface area contributed by atoms with Gasteiger partial charge in [0.2, 0.25) is 5.13 Å². The molecule has 176 valence electrons. The summed E-state index contributed by atoms with van der Waals surface area (Å²) in [6.07, 6.45) is 0.125. The molecule has 4 aromatic rings. The third kappa shape index (κ3) is 4.97. The molecule has 0 bridgehead atoms. The minimum Gasteiger partial charge on any atom is -0.493 e. The van der Waals surface area contributed by atoms with Crippen molar-refractivity contribution in [1.82, 2.24) is 4.98 Å². The third-order valence-corrected chi connectivity index (χ3v) is 6.03. The van der Waals surface area contributed by atoms with Crippen LogP contribution in [0.4, 0.5) is 5.13 Å². The molecule has 0 unspecified atom stereocenters. The zero-order valence-corrected chi connectivity index (χ0v) is 20.6. The molecule has 7 nitrogen and oxygen atoms in total. The molecule has 0 N–H and O–H groups in total. The molecule has 0 spiro atoms. The number of aromatic nitrogens is 1. The molecule has 0 aliphatic heterocycles. The summed E-state index contributed by atoms with van der Waals surface area (Å²) in [5.74, 6) is 1.59. The van der Waals surface area contributed by atoms with Crippen molar-refractivity contribution in [2.75, 3.05) is 20.8 Å². The number of hydrogen-bond donors (Lipinski definition) is 0. The van der Waals surface area contributed by atoms with E-state index in [1.807, 2.05) is 49.6 Å². The smallest absolute Gasteiger partial charge is 0.311 e. The maximum Gasteiger partial charge on any atom is 0.311 e. The fraction of sp³-hybridized carbons (Fsp3) is 0.269. The van der Waals surface area contributed by atoms with E-state index in [9.17, 15) is 4.79 Å². The second-order valence-electron chi connectivity index (χ2n) is 7.74. The minimum atomic E-state index is -0.301. The predicted octanol–water partition coefficient (Wildman–Crippen LogP) is 5.53. The van der Waals surface area contributed by atoms with Crippen molar-refractivity contribution < 1.29 is 23.4 Å². The van der Waals surface area contributed by atoms with Crippen molar-refractivity contribution in [1.29, 1.82) is 0 Å². The number of fused-ring (bicyclic) bond motifs is 1. The Kier molecular flexibility index (Phi) is 6.98. The summed E-state index contributed by atoms with van der Waals surface area (Å²) in [4.78, 5) is 21.2. The number of rotatable bonds is 7. The van der Waals surface area contributed by atoms with Crippen molar-refractivity contribution in [2.45, 2.75) is 27.2 Å². The molecule has 2 aromatic carbocycles. The molecule has 8 heteroatoms. The number of aryl methyl sites for hydroxylation is 2. The number of nitrogens with zero attached hydrogens (tertiary/aromatic N) is 2. The average Bonchev–Trinajstić information content (AvgIpc) is 3.24. The van der Waals surface area contributed by atoms with Crippen LogP contribution in [-0.2, 0) is 16.0 Å². The Labute approximate surface area is 201 Å². The first kappa shape index (κ1) is 23.5. The Morgan fingerprint density at radius 1 is 1.09 bits per heavy atom. The number of carbonyl (C=O) groups is 1. The van der Waals surface area contributed by atoms with Gasteiger partial charge in [0.05, 0.1) is 38.3 Å². The SMILES string of the molecule is CCOC(=O)Cc1csc(/N=c2\cc(-c3ccc(OC)c(OC)c3)oc3cc(C)cc(C)c23)n1. The number of ether oxygens (including phenoxy) is 3. The molecule has 0 radical (unpaired) electrons. The second kappa shape index (κ2) is 10.1.